The lowest BCUT2D eigenvalue weighted by Gasteiger charge is -2.09. The Labute approximate surface area is 163 Å². The van der Waals surface area contributed by atoms with Crippen LogP contribution in [0.3, 0.4) is 0 Å². The highest BCUT2D eigenvalue weighted by Gasteiger charge is 2.38. The topological polar surface area (TPSA) is 98.5 Å². The Morgan fingerprint density at radius 1 is 1.25 bits per heavy atom. The van der Waals surface area contributed by atoms with Gasteiger partial charge >= 0.3 is 5.97 Å². The molecule has 0 aliphatic heterocycles. The summed E-state index contributed by atoms with van der Waals surface area (Å²) in [5.74, 6) is -4.46. The van der Waals surface area contributed by atoms with Gasteiger partial charge in [0.1, 0.15) is 16.6 Å². The maximum Gasteiger partial charge on any atom is 0.314 e. The number of nitrogens with one attached hydrogen (secondary N) is 1. The molecule has 6 nitrogen and oxygen atoms in total. The number of ether oxygens (including phenoxy) is 1. The number of carbonyl (C=O) groups is 3. The lowest BCUT2D eigenvalue weighted by molar-refractivity contribution is -0.144. The van der Waals surface area contributed by atoms with E-state index in [4.69, 9.17) is 10.5 Å². The summed E-state index contributed by atoms with van der Waals surface area (Å²) in [5.41, 5.74) is 5.12. The van der Waals surface area contributed by atoms with Gasteiger partial charge in [-0.1, -0.05) is 6.07 Å². The number of benzene rings is 1. The van der Waals surface area contributed by atoms with E-state index in [0.717, 1.165) is 29.5 Å². The Balaban J connectivity index is 2.12. The van der Waals surface area contributed by atoms with Crippen LogP contribution in [0, 0.1) is 11.6 Å². The van der Waals surface area contributed by atoms with Gasteiger partial charge in [0, 0.05) is 4.88 Å². The van der Waals surface area contributed by atoms with Gasteiger partial charge in [0.05, 0.1) is 30.2 Å². The average Bonchev–Trinajstić information content (AvgIpc) is 3.20. The van der Waals surface area contributed by atoms with Crippen molar-refractivity contribution in [2.24, 2.45) is 5.73 Å². The second kappa shape index (κ2) is 8.15. The molecule has 1 aliphatic rings. The van der Waals surface area contributed by atoms with E-state index >= 15 is 0 Å². The lowest BCUT2D eigenvalue weighted by Crippen LogP contribution is -2.22. The molecular formula is C19H18F2N2O4S. The number of thiophene rings is 1. The molecule has 0 saturated carbocycles. The molecule has 1 heterocycles. The van der Waals surface area contributed by atoms with E-state index in [9.17, 15) is 23.2 Å². The number of hydrogen-bond donors (Lipinski definition) is 2. The van der Waals surface area contributed by atoms with Crippen LogP contribution in [0.5, 0.6) is 0 Å². The fraction of sp³-hybridized carbons (Fsp3) is 0.316. The van der Waals surface area contributed by atoms with E-state index in [1.807, 2.05) is 0 Å². The van der Waals surface area contributed by atoms with E-state index < -0.39 is 40.8 Å². The van der Waals surface area contributed by atoms with Gasteiger partial charge in [0.2, 0.25) is 11.7 Å². The van der Waals surface area contributed by atoms with Gasteiger partial charge in [0.15, 0.2) is 0 Å². The van der Waals surface area contributed by atoms with Gasteiger partial charge in [-0.2, -0.15) is 0 Å². The number of carbonyl (C=O) groups excluding carboxylic acids is 3. The summed E-state index contributed by atoms with van der Waals surface area (Å²) in [4.78, 5) is 37.6. The smallest absolute Gasteiger partial charge is 0.314 e. The first kappa shape index (κ1) is 20.1. The van der Waals surface area contributed by atoms with Crippen LogP contribution in [0.15, 0.2) is 18.2 Å². The zero-order valence-corrected chi connectivity index (χ0v) is 15.8. The van der Waals surface area contributed by atoms with Crippen LogP contribution in [-0.4, -0.2) is 30.8 Å². The highest BCUT2D eigenvalue weighted by molar-refractivity contribution is 7.17. The van der Waals surface area contributed by atoms with Gasteiger partial charge < -0.3 is 15.8 Å². The number of amides is 1. The van der Waals surface area contributed by atoms with Crippen molar-refractivity contribution in [3.8, 4) is 0 Å². The third kappa shape index (κ3) is 3.55. The molecule has 0 fully saturated rings. The molecule has 148 valence electrons. The monoisotopic (exact) mass is 408 g/mol. The number of halogens is 2. The molecule has 0 saturated heterocycles. The fourth-order valence-electron chi connectivity index (χ4n) is 3.25. The molecule has 28 heavy (non-hydrogen) atoms. The molecule has 1 aliphatic carbocycles. The van der Waals surface area contributed by atoms with Crippen molar-refractivity contribution in [2.75, 3.05) is 18.5 Å². The van der Waals surface area contributed by atoms with E-state index in [-0.39, 0.29) is 23.7 Å². The molecule has 0 radical (unpaired) electrons. The summed E-state index contributed by atoms with van der Waals surface area (Å²) >= 11 is 1.04. The fourth-order valence-corrected chi connectivity index (χ4v) is 4.63. The normalized spacial score (nSPS) is 15.2. The predicted octanol–water partition coefficient (Wildman–Crippen LogP) is 2.75. The van der Waals surface area contributed by atoms with Crippen molar-refractivity contribution in [2.45, 2.75) is 25.7 Å². The second-order valence-corrected chi connectivity index (χ2v) is 7.22. The number of hydrogen-bond acceptors (Lipinski definition) is 6. The van der Waals surface area contributed by atoms with Crippen molar-refractivity contribution in [1.82, 2.24) is 0 Å². The van der Waals surface area contributed by atoms with Crippen LogP contribution in [0.2, 0.25) is 0 Å². The first-order chi connectivity index (χ1) is 13.4. The molecule has 3 N–H and O–H groups in total. The quantitative estimate of drug-likeness (QED) is 0.566. The number of anilines is 1. The van der Waals surface area contributed by atoms with E-state index in [2.05, 4.69) is 5.32 Å². The summed E-state index contributed by atoms with van der Waals surface area (Å²) in [5, 5.41) is 2.63. The Kier molecular flexibility index (Phi) is 5.85. The van der Waals surface area contributed by atoms with Crippen LogP contribution >= 0.6 is 11.3 Å². The van der Waals surface area contributed by atoms with Crippen LogP contribution in [0.1, 0.15) is 45.6 Å². The van der Waals surface area contributed by atoms with E-state index in [1.165, 1.54) is 0 Å². The number of esters is 1. The van der Waals surface area contributed by atoms with Gasteiger partial charge in [-0.25, -0.2) is 8.78 Å². The van der Waals surface area contributed by atoms with Crippen LogP contribution in [0.4, 0.5) is 13.8 Å². The van der Waals surface area contributed by atoms with Crippen molar-refractivity contribution < 1.29 is 27.9 Å². The van der Waals surface area contributed by atoms with Crippen molar-refractivity contribution in [1.29, 1.82) is 0 Å². The van der Waals surface area contributed by atoms with Crippen molar-refractivity contribution >= 4 is 34.0 Å². The second-order valence-electron chi connectivity index (χ2n) is 6.17. The maximum atomic E-state index is 14.2. The van der Waals surface area contributed by atoms with Gasteiger partial charge in [-0.3, -0.25) is 14.4 Å². The molecule has 1 unspecified atom stereocenters. The number of fused-ring (bicyclic) bond motifs is 1. The largest absolute Gasteiger partial charge is 0.465 e. The SMILES string of the molecule is CCOC(=O)C1CCc2c1sc(NC(=O)CN)c2C(=O)c1c(F)cccc1F. The van der Waals surface area contributed by atoms with E-state index in [1.54, 1.807) is 6.92 Å². The number of nitrogens with two attached hydrogens (primary N) is 1. The average molecular weight is 408 g/mol. The standard InChI is InChI=1S/C19H18F2N2O4S/c1-2-27-19(26)10-7-6-9-14(18(28-17(9)10)23-13(24)8-22)16(25)15-11(20)4-3-5-12(15)21/h3-5,10H,2,6-8,22H2,1H3,(H,23,24). The third-order valence-corrected chi connectivity index (χ3v) is 5.73. The lowest BCUT2D eigenvalue weighted by atomic mass is 9.99. The molecule has 0 spiro atoms. The molecule has 0 bridgehead atoms. The number of rotatable bonds is 6. The highest BCUT2D eigenvalue weighted by Crippen LogP contribution is 2.46. The minimum absolute atomic E-state index is 0.00222. The first-order valence-electron chi connectivity index (χ1n) is 8.69. The Bertz CT molecular complexity index is 937. The molecule has 1 aromatic heterocycles. The summed E-state index contributed by atoms with van der Waals surface area (Å²) in [6, 6.07) is 3.14. The summed E-state index contributed by atoms with van der Waals surface area (Å²) < 4.78 is 33.4. The van der Waals surface area contributed by atoms with Crippen LogP contribution < -0.4 is 11.1 Å². The molecule has 1 aromatic carbocycles. The number of ketones is 1. The van der Waals surface area contributed by atoms with Crippen LogP contribution in [-0.2, 0) is 20.7 Å². The van der Waals surface area contributed by atoms with Gasteiger partial charge in [-0.05, 0) is 37.5 Å². The van der Waals surface area contributed by atoms with Gasteiger partial charge in [-0.15, -0.1) is 11.3 Å². The zero-order valence-electron chi connectivity index (χ0n) is 15.0. The minimum Gasteiger partial charge on any atom is -0.465 e. The zero-order chi connectivity index (χ0) is 20.4. The highest BCUT2D eigenvalue weighted by atomic mass is 32.1. The summed E-state index contributed by atoms with van der Waals surface area (Å²) in [6.45, 7) is 1.57. The Morgan fingerprint density at radius 3 is 2.54 bits per heavy atom. The first-order valence-corrected chi connectivity index (χ1v) is 9.51. The van der Waals surface area contributed by atoms with Gasteiger partial charge in [0.25, 0.3) is 0 Å². The molecule has 1 atom stereocenters. The Morgan fingerprint density at radius 2 is 1.93 bits per heavy atom. The van der Waals surface area contributed by atoms with E-state index in [0.29, 0.717) is 23.3 Å². The predicted molar refractivity (Wildman–Crippen MR) is 99.5 cm³/mol. The molecule has 9 heteroatoms. The van der Waals surface area contributed by atoms with Crippen molar-refractivity contribution in [3.63, 3.8) is 0 Å². The third-order valence-electron chi connectivity index (χ3n) is 4.46. The molecule has 3 rings (SSSR count). The summed E-state index contributed by atoms with van der Waals surface area (Å²) in [6.07, 6.45) is 0.774. The maximum absolute atomic E-state index is 14.2. The molecule has 1 amide bonds. The molecular weight excluding hydrogens is 390 g/mol. The molecule has 2 aromatic rings. The minimum atomic E-state index is -0.999. The van der Waals surface area contributed by atoms with Crippen LogP contribution in [0.25, 0.3) is 0 Å². The Hall–Kier alpha value is -2.65. The summed E-state index contributed by atoms with van der Waals surface area (Å²) in [7, 11) is 0. The van der Waals surface area contributed by atoms with Crippen molar-refractivity contribution in [3.05, 3.63) is 51.4 Å².